The van der Waals surface area contributed by atoms with Crippen molar-refractivity contribution in [3.05, 3.63) is 71.3 Å². The van der Waals surface area contributed by atoms with E-state index in [-0.39, 0.29) is 5.56 Å². The number of carbonyl (C=O) groups is 2. The maximum Gasteiger partial charge on any atom is 0.416 e. The number of amides is 2. The zero-order valence-corrected chi connectivity index (χ0v) is 13.9. The van der Waals surface area contributed by atoms with Gasteiger partial charge in [0, 0.05) is 5.56 Å². The van der Waals surface area contributed by atoms with Gasteiger partial charge in [0.15, 0.2) is 0 Å². The summed E-state index contributed by atoms with van der Waals surface area (Å²) >= 11 is 0. The summed E-state index contributed by atoms with van der Waals surface area (Å²) in [4.78, 5) is 23.7. The maximum atomic E-state index is 12.7. The van der Waals surface area contributed by atoms with Crippen LogP contribution in [0.2, 0.25) is 0 Å². The minimum absolute atomic E-state index is 0.172. The molecule has 0 spiro atoms. The van der Waals surface area contributed by atoms with E-state index in [9.17, 15) is 22.8 Å². The van der Waals surface area contributed by atoms with Crippen molar-refractivity contribution >= 4 is 11.8 Å². The van der Waals surface area contributed by atoms with Gasteiger partial charge in [-0.3, -0.25) is 9.59 Å². The Hall–Kier alpha value is -2.83. The van der Waals surface area contributed by atoms with Crippen LogP contribution in [0, 0.1) is 0 Å². The van der Waals surface area contributed by atoms with Gasteiger partial charge in [-0.05, 0) is 43.0 Å². The Kier molecular flexibility index (Phi) is 6.38. The number of hydrogen-bond acceptors (Lipinski definition) is 2. The van der Waals surface area contributed by atoms with Crippen molar-refractivity contribution in [3.8, 4) is 0 Å². The van der Waals surface area contributed by atoms with Gasteiger partial charge in [-0.15, -0.1) is 0 Å². The van der Waals surface area contributed by atoms with Crippen LogP contribution in [0.15, 0.2) is 54.6 Å². The first-order valence-corrected chi connectivity index (χ1v) is 8.09. The molecule has 0 saturated heterocycles. The normalized spacial score (nSPS) is 12.4. The van der Waals surface area contributed by atoms with Gasteiger partial charge in [0.1, 0.15) is 6.04 Å². The third kappa shape index (κ3) is 5.61. The highest BCUT2D eigenvalue weighted by atomic mass is 19.4. The minimum Gasteiger partial charge on any atom is -0.368 e. The molecule has 2 rings (SSSR count). The van der Waals surface area contributed by atoms with Crippen LogP contribution in [-0.2, 0) is 17.4 Å². The van der Waals surface area contributed by atoms with Gasteiger partial charge in [-0.2, -0.15) is 13.2 Å². The van der Waals surface area contributed by atoms with E-state index in [1.54, 1.807) is 0 Å². The molecule has 1 atom stereocenters. The Bertz CT molecular complexity index is 761. The number of hydrogen-bond donors (Lipinski definition) is 2. The molecule has 0 radical (unpaired) electrons. The molecule has 138 valence electrons. The third-order valence-electron chi connectivity index (χ3n) is 3.90. The topological polar surface area (TPSA) is 72.2 Å². The highest BCUT2D eigenvalue weighted by molar-refractivity contribution is 5.97. The van der Waals surface area contributed by atoms with Crippen molar-refractivity contribution < 1.29 is 22.8 Å². The average Bonchev–Trinajstić information content (AvgIpc) is 2.61. The lowest BCUT2D eigenvalue weighted by Gasteiger charge is -2.16. The predicted molar refractivity (Wildman–Crippen MR) is 91.3 cm³/mol. The molecule has 0 fully saturated rings. The summed E-state index contributed by atoms with van der Waals surface area (Å²) < 4.78 is 38.2. The van der Waals surface area contributed by atoms with E-state index in [4.69, 9.17) is 5.73 Å². The van der Waals surface area contributed by atoms with Crippen LogP contribution >= 0.6 is 0 Å². The van der Waals surface area contributed by atoms with E-state index in [0.29, 0.717) is 19.3 Å². The Morgan fingerprint density at radius 1 is 1.04 bits per heavy atom. The fourth-order valence-corrected chi connectivity index (χ4v) is 2.52. The van der Waals surface area contributed by atoms with Crippen molar-refractivity contribution in [2.75, 3.05) is 0 Å². The second-order valence-corrected chi connectivity index (χ2v) is 5.88. The van der Waals surface area contributed by atoms with E-state index in [1.807, 2.05) is 30.3 Å². The minimum atomic E-state index is -4.55. The second kappa shape index (κ2) is 8.51. The highest BCUT2D eigenvalue weighted by Crippen LogP contribution is 2.29. The summed E-state index contributed by atoms with van der Waals surface area (Å²) in [6, 6.07) is 12.7. The molecule has 7 heteroatoms. The van der Waals surface area contributed by atoms with E-state index in [1.165, 1.54) is 6.07 Å². The standard InChI is InChI=1S/C19H19F3N2O2/c20-19(21,22)15-10-5-9-14(12-15)18(26)24-16(17(23)25)11-4-8-13-6-2-1-3-7-13/h1-3,5-7,9-10,12,16H,4,8,11H2,(H2,23,25)(H,24,26)/t16-/m0/s1. The number of nitrogens with two attached hydrogens (primary N) is 1. The van der Waals surface area contributed by atoms with Crippen LogP contribution in [0.1, 0.15) is 34.3 Å². The molecule has 2 amide bonds. The molecule has 3 N–H and O–H groups in total. The first kappa shape index (κ1) is 19.5. The molecule has 2 aromatic carbocycles. The van der Waals surface area contributed by atoms with Crippen LogP contribution in [0.25, 0.3) is 0 Å². The number of halogens is 3. The van der Waals surface area contributed by atoms with Crippen molar-refractivity contribution in [1.82, 2.24) is 5.32 Å². The monoisotopic (exact) mass is 364 g/mol. The lowest BCUT2D eigenvalue weighted by Crippen LogP contribution is -2.44. The lowest BCUT2D eigenvalue weighted by atomic mass is 10.0. The van der Waals surface area contributed by atoms with Gasteiger partial charge in [0.2, 0.25) is 5.91 Å². The maximum absolute atomic E-state index is 12.7. The number of nitrogens with one attached hydrogen (secondary N) is 1. The van der Waals surface area contributed by atoms with E-state index < -0.39 is 29.6 Å². The number of primary amides is 1. The predicted octanol–water partition coefficient (Wildman–Crippen LogP) is 3.31. The van der Waals surface area contributed by atoms with Gasteiger partial charge < -0.3 is 11.1 Å². The van der Waals surface area contributed by atoms with Crippen LogP contribution in [0.5, 0.6) is 0 Å². The molecule has 26 heavy (non-hydrogen) atoms. The molecular weight excluding hydrogens is 345 g/mol. The number of carbonyl (C=O) groups excluding carboxylic acids is 2. The second-order valence-electron chi connectivity index (χ2n) is 5.88. The molecule has 2 aromatic rings. The summed E-state index contributed by atoms with van der Waals surface area (Å²) in [6.07, 6.45) is -2.95. The highest BCUT2D eigenvalue weighted by Gasteiger charge is 2.31. The Morgan fingerprint density at radius 2 is 1.73 bits per heavy atom. The van der Waals surface area contributed by atoms with Gasteiger partial charge in [-0.25, -0.2) is 0 Å². The van der Waals surface area contributed by atoms with Crippen LogP contribution in [-0.4, -0.2) is 17.9 Å². The van der Waals surface area contributed by atoms with Crippen LogP contribution in [0.3, 0.4) is 0 Å². The summed E-state index contributed by atoms with van der Waals surface area (Å²) in [5.41, 5.74) is 5.29. The fourth-order valence-electron chi connectivity index (χ4n) is 2.52. The Balaban J connectivity index is 1.98. The summed E-state index contributed by atoms with van der Waals surface area (Å²) in [5, 5.41) is 2.42. The fraction of sp³-hybridized carbons (Fsp3) is 0.263. The summed E-state index contributed by atoms with van der Waals surface area (Å²) in [6.45, 7) is 0. The largest absolute Gasteiger partial charge is 0.416 e. The average molecular weight is 364 g/mol. The zero-order valence-electron chi connectivity index (χ0n) is 13.9. The van der Waals surface area contributed by atoms with Crippen molar-refractivity contribution in [3.63, 3.8) is 0 Å². The molecule has 0 aromatic heterocycles. The number of aryl methyl sites for hydroxylation is 1. The molecular formula is C19H19F3N2O2. The molecule has 0 aliphatic carbocycles. The van der Waals surface area contributed by atoms with Gasteiger partial charge in [0.05, 0.1) is 5.56 Å². The Morgan fingerprint density at radius 3 is 2.35 bits per heavy atom. The molecule has 0 aliphatic rings. The van der Waals surface area contributed by atoms with E-state index in [0.717, 1.165) is 23.8 Å². The quantitative estimate of drug-likeness (QED) is 0.791. The first-order valence-electron chi connectivity index (χ1n) is 8.09. The van der Waals surface area contributed by atoms with Gasteiger partial charge in [0.25, 0.3) is 5.91 Å². The number of rotatable bonds is 7. The van der Waals surface area contributed by atoms with Crippen molar-refractivity contribution in [1.29, 1.82) is 0 Å². The van der Waals surface area contributed by atoms with Crippen LogP contribution in [0.4, 0.5) is 13.2 Å². The molecule has 0 heterocycles. The third-order valence-corrected chi connectivity index (χ3v) is 3.90. The van der Waals surface area contributed by atoms with E-state index >= 15 is 0 Å². The first-order chi connectivity index (χ1) is 12.3. The zero-order chi connectivity index (χ0) is 19.2. The van der Waals surface area contributed by atoms with Crippen molar-refractivity contribution in [2.45, 2.75) is 31.5 Å². The molecule has 4 nitrogen and oxygen atoms in total. The smallest absolute Gasteiger partial charge is 0.368 e. The van der Waals surface area contributed by atoms with Crippen LogP contribution < -0.4 is 11.1 Å². The lowest BCUT2D eigenvalue weighted by molar-refractivity contribution is -0.137. The van der Waals surface area contributed by atoms with Crippen molar-refractivity contribution in [2.24, 2.45) is 5.73 Å². The molecule has 0 aliphatic heterocycles. The van der Waals surface area contributed by atoms with Gasteiger partial charge in [-0.1, -0.05) is 36.4 Å². The SMILES string of the molecule is NC(=O)[C@H](CCCc1ccccc1)NC(=O)c1cccc(C(F)(F)F)c1. The number of benzene rings is 2. The van der Waals surface area contributed by atoms with Gasteiger partial charge >= 0.3 is 6.18 Å². The number of alkyl halides is 3. The summed E-state index contributed by atoms with van der Waals surface area (Å²) in [7, 11) is 0. The van der Waals surface area contributed by atoms with E-state index in [2.05, 4.69) is 5.32 Å². The Labute approximate surface area is 149 Å². The summed E-state index contributed by atoms with van der Waals surface area (Å²) in [5.74, 6) is -1.49. The molecule has 0 saturated carbocycles. The molecule has 0 unspecified atom stereocenters. The molecule has 0 bridgehead atoms.